The molecule has 0 bridgehead atoms. The normalized spacial score (nSPS) is 11.9. The van der Waals surface area contributed by atoms with E-state index >= 15 is 0 Å². The van der Waals surface area contributed by atoms with Crippen LogP contribution >= 0.6 is 0 Å². The first kappa shape index (κ1) is 14.2. The minimum Gasteiger partial charge on any atom is -0.469 e. The standard InChI is InChI=1S/C12H19N3O3/c1-9(4-5-10-3-2-8-18-10)15-12(17)11(16)14-7-6-13/h2-3,8-9H,4-7,13H2,1H3,(H,14,16)(H,15,17). The van der Waals surface area contributed by atoms with Gasteiger partial charge in [0.1, 0.15) is 5.76 Å². The zero-order chi connectivity index (χ0) is 13.4. The maximum Gasteiger partial charge on any atom is 0.309 e. The molecule has 0 saturated carbocycles. The van der Waals surface area contributed by atoms with Crippen molar-refractivity contribution >= 4 is 11.8 Å². The summed E-state index contributed by atoms with van der Waals surface area (Å²) in [5, 5.41) is 5.03. The molecule has 1 aromatic rings. The molecule has 18 heavy (non-hydrogen) atoms. The third-order valence-corrected chi connectivity index (χ3v) is 2.42. The fraction of sp³-hybridized carbons (Fsp3) is 0.500. The summed E-state index contributed by atoms with van der Waals surface area (Å²) in [4.78, 5) is 22.7. The Labute approximate surface area is 106 Å². The monoisotopic (exact) mass is 253 g/mol. The SMILES string of the molecule is CC(CCc1ccco1)NC(=O)C(=O)NCCN. The Kier molecular flexibility index (Phi) is 5.93. The highest BCUT2D eigenvalue weighted by Crippen LogP contribution is 2.05. The molecule has 1 atom stereocenters. The molecular formula is C12H19N3O3. The summed E-state index contributed by atoms with van der Waals surface area (Å²) >= 11 is 0. The number of carbonyl (C=O) groups excluding carboxylic acids is 2. The third kappa shape index (κ3) is 5.01. The smallest absolute Gasteiger partial charge is 0.309 e. The lowest BCUT2D eigenvalue weighted by Crippen LogP contribution is -2.44. The van der Waals surface area contributed by atoms with Crippen LogP contribution in [0.2, 0.25) is 0 Å². The van der Waals surface area contributed by atoms with E-state index in [4.69, 9.17) is 10.2 Å². The van der Waals surface area contributed by atoms with E-state index in [1.807, 2.05) is 19.1 Å². The lowest BCUT2D eigenvalue weighted by atomic mass is 10.1. The molecular weight excluding hydrogens is 234 g/mol. The second kappa shape index (κ2) is 7.50. The van der Waals surface area contributed by atoms with Crippen molar-refractivity contribution in [1.82, 2.24) is 10.6 Å². The molecule has 1 aromatic heterocycles. The lowest BCUT2D eigenvalue weighted by molar-refractivity contribution is -0.139. The van der Waals surface area contributed by atoms with Gasteiger partial charge in [-0.1, -0.05) is 0 Å². The van der Waals surface area contributed by atoms with Crippen LogP contribution in [0.5, 0.6) is 0 Å². The number of rotatable bonds is 6. The Hall–Kier alpha value is -1.82. The summed E-state index contributed by atoms with van der Waals surface area (Å²) < 4.78 is 5.18. The van der Waals surface area contributed by atoms with E-state index in [9.17, 15) is 9.59 Å². The average Bonchev–Trinajstić information content (AvgIpc) is 2.86. The van der Waals surface area contributed by atoms with E-state index in [1.54, 1.807) is 6.26 Å². The van der Waals surface area contributed by atoms with E-state index in [0.717, 1.165) is 12.2 Å². The van der Waals surface area contributed by atoms with Crippen LogP contribution in [0.3, 0.4) is 0 Å². The summed E-state index contributed by atoms with van der Waals surface area (Å²) in [6.45, 7) is 2.46. The number of nitrogens with one attached hydrogen (secondary N) is 2. The van der Waals surface area contributed by atoms with E-state index < -0.39 is 11.8 Å². The van der Waals surface area contributed by atoms with Gasteiger partial charge in [0, 0.05) is 25.6 Å². The number of amides is 2. The highest BCUT2D eigenvalue weighted by molar-refractivity contribution is 6.35. The number of hydrogen-bond acceptors (Lipinski definition) is 4. The quantitative estimate of drug-likeness (QED) is 0.611. The number of aryl methyl sites for hydroxylation is 1. The van der Waals surface area contributed by atoms with Crippen molar-refractivity contribution in [1.29, 1.82) is 0 Å². The van der Waals surface area contributed by atoms with Crippen molar-refractivity contribution < 1.29 is 14.0 Å². The molecule has 4 N–H and O–H groups in total. The van der Waals surface area contributed by atoms with E-state index in [1.165, 1.54) is 0 Å². The van der Waals surface area contributed by atoms with Gasteiger partial charge in [-0.05, 0) is 25.5 Å². The summed E-state index contributed by atoms with van der Waals surface area (Å²) in [6, 6.07) is 3.60. The van der Waals surface area contributed by atoms with Crippen LogP contribution in [-0.4, -0.2) is 30.9 Å². The maximum atomic E-state index is 11.4. The van der Waals surface area contributed by atoms with E-state index in [2.05, 4.69) is 10.6 Å². The molecule has 0 aromatic carbocycles. The summed E-state index contributed by atoms with van der Waals surface area (Å²) in [5.41, 5.74) is 5.22. The Morgan fingerprint density at radius 3 is 2.83 bits per heavy atom. The predicted molar refractivity (Wildman–Crippen MR) is 66.7 cm³/mol. The molecule has 1 rings (SSSR count). The number of carbonyl (C=O) groups is 2. The number of nitrogens with two attached hydrogens (primary N) is 1. The molecule has 0 aliphatic rings. The Morgan fingerprint density at radius 1 is 1.44 bits per heavy atom. The molecule has 6 nitrogen and oxygen atoms in total. The minimum absolute atomic E-state index is 0.0915. The fourth-order valence-electron chi connectivity index (χ4n) is 1.44. The first-order valence-corrected chi connectivity index (χ1v) is 5.94. The van der Waals surface area contributed by atoms with Crippen molar-refractivity contribution in [2.24, 2.45) is 5.73 Å². The molecule has 0 aliphatic carbocycles. The van der Waals surface area contributed by atoms with Gasteiger partial charge < -0.3 is 20.8 Å². The zero-order valence-electron chi connectivity index (χ0n) is 10.4. The van der Waals surface area contributed by atoms with Gasteiger partial charge in [-0.15, -0.1) is 0 Å². The lowest BCUT2D eigenvalue weighted by Gasteiger charge is -2.12. The summed E-state index contributed by atoms with van der Waals surface area (Å²) in [7, 11) is 0. The van der Waals surface area contributed by atoms with Gasteiger partial charge in [0.25, 0.3) is 0 Å². The molecule has 0 fully saturated rings. The third-order valence-electron chi connectivity index (χ3n) is 2.42. The maximum absolute atomic E-state index is 11.4. The number of hydrogen-bond donors (Lipinski definition) is 3. The molecule has 0 spiro atoms. The van der Waals surface area contributed by atoms with Crippen molar-refractivity contribution in [2.75, 3.05) is 13.1 Å². The highest BCUT2D eigenvalue weighted by atomic mass is 16.3. The summed E-state index contributed by atoms with van der Waals surface area (Å²) in [6.07, 6.45) is 3.04. The summed E-state index contributed by atoms with van der Waals surface area (Å²) in [5.74, 6) is -0.413. The highest BCUT2D eigenvalue weighted by Gasteiger charge is 2.15. The molecule has 0 saturated heterocycles. The van der Waals surface area contributed by atoms with Crippen LogP contribution < -0.4 is 16.4 Å². The van der Waals surface area contributed by atoms with Gasteiger partial charge in [-0.3, -0.25) is 9.59 Å². The molecule has 0 radical (unpaired) electrons. The van der Waals surface area contributed by atoms with Gasteiger partial charge in [0.05, 0.1) is 6.26 Å². The fourth-order valence-corrected chi connectivity index (χ4v) is 1.44. The molecule has 100 valence electrons. The topological polar surface area (TPSA) is 97.4 Å². The largest absolute Gasteiger partial charge is 0.469 e. The predicted octanol–water partition coefficient (Wildman–Crippen LogP) is -0.208. The first-order valence-electron chi connectivity index (χ1n) is 5.94. The van der Waals surface area contributed by atoms with Gasteiger partial charge in [-0.2, -0.15) is 0 Å². The Bertz CT molecular complexity index is 376. The molecule has 6 heteroatoms. The van der Waals surface area contributed by atoms with Crippen molar-refractivity contribution in [2.45, 2.75) is 25.8 Å². The van der Waals surface area contributed by atoms with Gasteiger partial charge in [-0.25, -0.2) is 0 Å². The van der Waals surface area contributed by atoms with Crippen molar-refractivity contribution in [3.8, 4) is 0 Å². The van der Waals surface area contributed by atoms with Gasteiger partial charge in [0.15, 0.2) is 0 Å². The van der Waals surface area contributed by atoms with Crippen LogP contribution in [0.25, 0.3) is 0 Å². The van der Waals surface area contributed by atoms with Crippen LogP contribution in [0.4, 0.5) is 0 Å². The van der Waals surface area contributed by atoms with E-state index in [0.29, 0.717) is 19.5 Å². The molecule has 0 aliphatic heterocycles. The molecule has 1 unspecified atom stereocenters. The second-order valence-electron chi connectivity index (χ2n) is 4.04. The molecule has 2 amide bonds. The number of furan rings is 1. The van der Waals surface area contributed by atoms with Crippen LogP contribution in [0.1, 0.15) is 19.1 Å². The van der Waals surface area contributed by atoms with Crippen LogP contribution in [-0.2, 0) is 16.0 Å². The Morgan fingerprint density at radius 2 is 2.22 bits per heavy atom. The van der Waals surface area contributed by atoms with Gasteiger partial charge >= 0.3 is 11.8 Å². The zero-order valence-corrected chi connectivity index (χ0v) is 10.4. The first-order chi connectivity index (χ1) is 8.63. The second-order valence-corrected chi connectivity index (χ2v) is 4.04. The average molecular weight is 253 g/mol. The molecule has 1 heterocycles. The van der Waals surface area contributed by atoms with E-state index in [-0.39, 0.29) is 6.04 Å². The minimum atomic E-state index is -0.648. The van der Waals surface area contributed by atoms with Crippen LogP contribution in [0.15, 0.2) is 22.8 Å². The van der Waals surface area contributed by atoms with Crippen molar-refractivity contribution in [3.63, 3.8) is 0 Å². The van der Waals surface area contributed by atoms with Crippen molar-refractivity contribution in [3.05, 3.63) is 24.2 Å². The van der Waals surface area contributed by atoms with Crippen LogP contribution in [0, 0.1) is 0 Å². The van der Waals surface area contributed by atoms with Gasteiger partial charge in [0.2, 0.25) is 0 Å². The Balaban J connectivity index is 2.24.